The SMILES string of the molecule is O=C(N[C@H]1CCc2ccccc2[C@@H]1NC(=O)c1ccccc1P(c1ccccc1)c1ccccc1)c1ccccc1P(c1ccccc1)c1ccccc1. The van der Waals surface area contributed by atoms with Gasteiger partial charge in [-0.25, -0.2) is 0 Å². The minimum Gasteiger partial charge on any atom is -0.347 e. The van der Waals surface area contributed by atoms with Crippen LogP contribution in [0, 0.1) is 0 Å². The van der Waals surface area contributed by atoms with E-state index < -0.39 is 21.9 Å². The average molecular weight is 739 g/mol. The number of benzene rings is 7. The van der Waals surface area contributed by atoms with Crippen LogP contribution in [0.25, 0.3) is 0 Å². The third-order valence-electron chi connectivity index (χ3n) is 9.96. The van der Waals surface area contributed by atoms with Crippen molar-refractivity contribution < 1.29 is 9.59 Å². The van der Waals surface area contributed by atoms with Gasteiger partial charge in [-0.1, -0.05) is 182 Å². The Morgan fingerprint density at radius 1 is 0.426 bits per heavy atom. The number of nitrogens with one attached hydrogen (secondary N) is 2. The molecule has 54 heavy (non-hydrogen) atoms. The monoisotopic (exact) mass is 738 g/mol. The molecule has 0 aliphatic heterocycles. The van der Waals surface area contributed by atoms with Crippen LogP contribution in [-0.4, -0.2) is 17.9 Å². The molecule has 0 saturated carbocycles. The number of amides is 2. The molecule has 4 nitrogen and oxygen atoms in total. The van der Waals surface area contributed by atoms with E-state index >= 15 is 0 Å². The van der Waals surface area contributed by atoms with E-state index in [-0.39, 0.29) is 17.9 Å². The first-order valence-corrected chi connectivity index (χ1v) is 21.0. The highest BCUT2D eigenvalue weighted by molar-refractivity contribution is 7.80. The lowest BCUT2D eigenvalue weighted by atomic mass is 9.83. The van der Waals surface area contributed by atoms with Crippen molar-refractivity contribution in [2.45, 2.75) is 24.9 Å². The second-order valence-corrected chi connectivity index (χ2v) is 17.7. The van der Waals surface area contributed by atoms with Gasteiger partial charge in [-0.05, 0) is 83.8 Å². The van der Waals surface area contributed by atoms with Gasteiger partial charge in [0.1, 0.15) is 0 Å². The summed E-state index contributed by atoms with van der Waals surface area (Å²) in [5.74, 6) is -0.284. The molecule has 0 bridgehead atoms. The first-order chi connectivity index (χ1) is 26.7. The van der Waals surface area contributed by atoms with Crippen molar-refractivity contribution in [3.05, 3.63) is 216 Å². The van der Waals surface area contributed by atoms with E-state index in [2.05, 4.69) is 132 Å². The highest BCUT2D eigenvalue weighted by atomic mass is 31.1. The van der Waals surface area contributed by atoms with Crippen LogP contribution in [0.15, 0.2) is 194 Å². The second-order valence-electron chi connectivity index (χ2n) is 13.3. The summed E-state index contributed by atoms with van der Waals surface area (Å²) in [4.78, 5) is 29.2. The maximum absolute atomic E-state index is 14.7. The summed E-state index contributed by atoms with van der Waals surface area (Å²) in [6, 6.07) is 65.3. The molecule has 0 unspecified atom stereocenters. The van der Waals surface area contributed by atoms with Gasteiger partial charge in [0.05, 0.1) is 12.1 Å². The Hall–Kier alpha value is -5.66. The van der Waals surface area contributed by atoms with E-state index in [1.54, 1.807) is 0 Å². The Morgan fingerprint density at radius 3 is 1.26 bits per heavy atom. The first kappa shape index (κ1) is 35.4. The summed E-state index contributed by atoms with van der Waals surface area (Å²) in [6.07, 6.45) is 1.50. The van der Waals surface area contributed by atoms with Gasteiger partial charge < -0.3 is 10.6 Å². The van der Waals surface area contributed by atoms with Crippen molar-refractivity contribution in [3.63, 3.8) is 0 Å². The van der Waals surface area contributed by atoms with Crippen LogP contribution >= 0.6 is 15.8 Å². The molecule has 264 valence electrons. The molecular weight excluding hydrogens is 698 g/mol. The van der Waals surface area contributed by atoms with Crippen molar-refractivity contribution in [3.8, 4) is 0 Å². The second kappa shape index (κ2) is 16.6. The van der Waals surface area contributed by atoms with Crippen molar-refractivity contribution in [2.24, 2.45) is 0 Å². The normalized spacial score (nSPS) is 15.0. The number of hydrogen-bond acceptors (Lipinski definition) is 2. The Kier molecular flexibility index (Phi) is 10.9. The lowest BCUT2D eigenvalue weighted by Crippen LogP contribution is -2.49. The van der Waals surface area contributed by atoms with E-state index in [0.29, 0.717) is 17.5 Å². The van der Waals surface area contributed by atoms with Gasteiger partial charge in [0.2, 0.25) is 0 Å². The molecule has 2 atom stereocenters. The molecule has 6 heteroatoms. The molecular formula is C48H40N2O2P2. The molecule has 0 aromatic heterocycles. The van der Waals surface area contributed by atoms with Gasteiger partial charge in [-0.15, -0.1) is 0 Å². The molecule has 0 spiro atoms. The molecule has 7 aromatic rings. The van der Waals surface area contributed by atoms with E-state index in [9.17, 15) is 9.59 Å². The van der Waals surface area contributed by atoms with Gasteiger partial charge >= 0.3 is 0 Å². The minimum atomic E-state index is -1.01. The predicted octanol–water partition coefficient (Wildman–Crippen LogP) is 7.42. The fourth-order valence-electron chi connectivity index (χ4n) is 7.44. The zero-order chi connectivity index (χ0) is 36.7. The van der Waals surface area contributed by atoms with E-state index in [0.717, 1.165) is 22.6 Å². The number of aryl methyl sites for hydroxylation is 1. The smallest absolute Gasteiger partial charge is 0.252 e. The third-order valence-corrected chi connectivity index (χ3v) is 15.0. The van der Waals surface area contributed by atoms with Crippen LogP contribution in [-0.2, 0) is 6.42 Å². The first-order valence-electron chi connectivity index (χ1n) is 18.3. The summed E-state index contributed by atoms with van der Waals surface area (Å²) in [6.45, 7) is 0. The molecule has 7 aromatic carbocycles. The standard InChI is InChI=1S/C48H40N2O2P2/c51-47(41-29-15-17-31-44(41)53(36-20-5-1-6-21-36)37-22-7-2-8-23-37)49-43-34-33-35-19-13-14-28-40(35)46(43)50-48(52)42-30-16-18-32-45(42)54(38-24-9-3-10-25-38)39-26-11-4-12-27-39/h1-32,43,46H,33-34H2,(H,49,51)(H,50,52)/t43-,46-/m0/s1. The quantitative estimate of drug-likeness (QED) is 0.144. The predicted molar refractivity (Wildman–Crippen MR) is 227 cm³/mol. The van der Waals surface area contributed by atoms with Gasteiger partial charge in [-0.3, -0.25) is 9.59 Å². The summed E-state index contributed by atoms with van der Waals surface area (Å²) in [5, 5.41) is 13.6. The average Bonchev–Trinajstić information content (AvgIpc) is 3.24. The fraction of sp³-hybridized carbons (Fsp3) is 0.0833. The van der Waals surface area contributed by atoms with Gasteiger partial charge in [-0.2, -0.15) is 0 Å². The van der Waals surface area contributed by atoms with Crippen molar-refractivity contribution in [2.75, 3.05) is 0 Å². The van der Waals surface area contributed by atoms with Crippen LogP contribution in [0.3, 0.4) is 0 Å². The van der Waals surface area contributed by atoms with Gasteiger partial charge in [0.25, 0.3) is 11.8 Å². The number of carbonyl (C=O) groups is 2. The zero-order valence-corrected chi connectivity index (χ0v) is 31.5. The molecule has 1 aliphatic carbocycles. The number of fused-ring (bicyclic) bond motifs is 1. The third kappa shape index (κ3) is 7.55. The molecule has 0 saturated heterocycles. The fourth-order valence-corrected chi connectivity index (χ4v) is 12.3. The maximum Gasteiger partial charge on any atom is 0.252 e. The summed E-state index contributed by atoms with van der Waals surface area (Å²) >= 11 is 0. The number of carbonyl (C=O) groups excluding carboxylic acids is 2. The van der Waals surface area contributed by atoms with Crippen LogP contribution < -0.4 is 42.5 Å². The molecule has 0 radical (unpaired) electrons. The minimum absolute atomic E-state index is 0.134. The van der Waals surface area contributed by atoms with Crippen molar-refractivity contribution >= 4 is 59.5 Å². The Morgan fingerprint density at radius 2 is 0.796 bits per heavy atom. The summed E-state index contributed by atoms with van der Waals surface area (Å²) in [5.41, 5.74) is 3.53. The van der Waals surface area contributed by atoms with E-state index in [4.69, 9.17) is 0 Å². The van der Waals surface area contributed by atoms with Crippen LogP contribution in [0.1, 0.15) is 44.3 Å². The lowest BCUT2D eigenvalue weighted by molar-refractivity contribution is 0.0876. The van der Waals surface area contributed by atoms with Gasteiger partial charge in [0.15, 0.2) is 0 Å². The highest BCUT2D eigenvalue weighted by Gasteiger charge is 2.34. The van der Waals surface area contributed by atoms with Crippen molar-refractivity contribution in [1.82, 2.24) is 10.6 Å². The number of hydrogen-bond donors (Lipinski definition) is 2. The molecule has 2 N–H and O–H groups in total. The van der Waals surface area contributed by atoms with Crippen LogP contribution in [0.4, 0.5) is 0 Å². The number of rotatable bonds is 10. The Labute approximate surface area is 319 Å². The van der Waals surface area contributed by atoms with E-state index in [1.165, 1.54) is 26.8 Å². The summed E-state index contributed by atoms with van der Waals surface area (Å²) in [7, 11) is -2.01. The van der Waals surface area contributed by atoms with Gasteiger partial charge in [0, 0.05) is 11.1 Å². The topological polar surface area (TPSA) is 58.2 Å². The lowest BCUT2D eigenvalue weighted by Gasteiger charge is -2.35. The van der Waals surface area contributed by atoms with Crippen molar-refractivity contribution in [1.29, 1.82) is 0 Å². The molecule has 2 amide bonds. The highest BCUT2D eigenvalue weighted by Crippen LogP contribution is 2.37. The molecule has 0 fully saturated rings. The Bertz CT molecular complexity index is 2280. The van der Waals surface area contributed by atoms with E-state index in [1.807, 2.05) is 72.8 Å². The Balaban J connectivity index is 1.13. The summed E-state index contributed by atoms with van der Waals surface area (Å²) < 4.78 is 0. The maximum atomic E-state index is 14.7. The van der Waals surface area contributed by atoms with Crippen LogP contribution in [0.5, 0.6) is 0 Å². The molecule has 1 aliphatic rings. The largest absolute Gasteiger partial charge is 0.347 e. The molecule has 0 heterocycles. The zero-order valence-electron chi connectivity index (χ0n) is 29.8. The van der Waals surface area contributed by atoms with Crippen LogP contribution in [0.2, 0.25) is 0 Å². The molecule has 8 rings (SSSR count).